The van der Waals surface area contributed by atoms with E-state index in [2.05, 4.69) is 4.98 Å². The van der Waals surface area contributed by atoms with Gasteiger partial charge in [-0.25, -0.2) is 4.79 Å². The maximum absolute atomic E-state index is 11.3. The first-order valence-electron chi connectivity index (χ1n) is 6.25. The SMILES string of the molecule is COCC1C=C([N+](=O)[O-])C=CC1c1ccncc1C(=O)O. The van der Waals surface area contributed by atoms with Crippen LogP contribution in [0.25, 0.3) is 0 Å². The van der Waals surface area contributed by atoms with E-state index in [0.29, 0.717) is 5.56 Å². The summed E-state index contributed by atoms with van der Waals surface area (Å²) in [6.07, 6.45) is 7.32. The molecule has 0 fully saturated rings. The maximum atomic E-state index is 11.3. The molecule has 1 N–H and O–H groups in total. The van der Waals surface area contributed by atoms with Crippen molar-refractivity contribution >= 4 is 5.97 Å². The molecular formula is C14H14N2O5. The van der Waals surface area contributed by atoms with Gasteiger partial charge in [0.15, 0.2) is 0 Å². The second-order valence-electron chi connectivity index (χ2n) is 4.62. The van der Waals surface area contributed by atoms with Crippen LogP contribution in [0.2, 0.25) is 0 Å². The van der Waals surface area contributed by atoms with Gasteiger partial charge >= 0.3 is 5.97 Å². The lowest BCUT2D eigenvalue weighted by Crippen LogP contribution is -2.21. The van der Waals surface area contributed by atoms with Crippen molar-refractivity contribution in [1.82, 2.24) is 4.98 Å². The summed E-state index contributed by atoms with van der Waals surface area (Å²) in [6, 6.07) is 1.62. The van der Waals surface area contributed by atoms with Crippen LogP contribution in [-0.2, 0) is 4.74 Å². The second-order valence-corrected chi connectivity index (χ2v) is 4.62. The van der Waals surface area contributed by atoms with Gasteiger partial charge < -0.3 is 9.84 Å². The third-order valence-corrected chi connectivity index (χ3v) is 3.33. The lowest BCUT2D eigenvalue weighted by molar-refractivity contribution is -0.419. The zero-order chi connectivity index (χ0) is 15.4. The minimum atomic E-state index is -1.08. The number of ether oxygens (including phenoxy) is 1. The number of rotatable bonds is 5. The number of nitro groups is 1. The quantitative estimate of drug-likeness (QED) is 0.655. The summed E-state index contributed by atoms with van der Waals surface area (Å²) in [7, 11) is 1.50. The van der Waals surface area contributed by atoms with E-state index in [9.17, 15) is 20.0 Å². The van der Waals surface area contributed by atoms with Crippen LogP contribution in [0.15, 0.2) is 42.4 Å². The fourth-order valence-corrected chi connectivity index (χ4v) is 2.40. The molecule has 2 atom stereocenters. The van der Waals surface area contributed by atoms with E-state index >= 15 is 0 Å². The molecule has 1 aliphatic rings. The first-order valence-corrected chi connectivity index (χ1v) is 6.25. The molecule has 110 valence electrons. The van der Waals surface area contributed by atoms with Crippen molar-refractivity contribution in [3.8, 4) is 0 Å². The number of pyridine rings is 1. The molecule has 0 saturated heterocycles. The Morgan fingerprint density at radius 3 is 2.95 bits per heavy atom. The minimum Gasteiger partial charge on any atom is -0.478 e. The van der Waals surface area contributed by atoms with Crippen molar-refractivity contribution in [3.05, 3.63) is 63.6 Å². The topological polar surface area (TPSA) is 103 Å². The number of aromatic carboxylic acids is 1. The molecule has 1 aromatic heterocycles. The second kappa shape index (κ2) is 6.27. The van der Waals surface area contributed by atoms with Crippen LogP contribution in [0.5, 0.6) is 0 Å². The Kier molecular flexibility index (Phi) is 4.44. The number of aromatic nitrogens is 1. The molecule has 7 nitrogen and oxygen atoms in total. The Labute approximate surface area is 120 Å². The van der Waals surface area contributed by atoms with Gasteiger partial charge in [-0.3, -0.25) is 15.1 Å². The van der Waals surface area contributed by atoms with Crippen molar-refractivity contribution in [2.45, 2.75) is 5.92 Å². The molecule has 21 heavy (non-hydrogen) atoms. The van der Waals surface area contributed by atoms with E-state index < -0.39 is 10.9 Å². The number of methoxy groups -OCH3 is 1. The molecular weight excluding hydrogens is 276 g/mol. The first kappa shape index (κ1) is 14.9. The van der Waals surface area contributed by atoms with E-state index in [1.807, 2.05) is 0 Å². The van der Waals surface area contributed by atoms with Crippen LogP contribution < -0.4 is 0 Å². The van der Waals surface area contributed by atoms with Crippen molar-refractivity contribution in [3.63, 3.8) is 0 Å². The van der Waals surface area contributed by atoms with Crippen LogP contribution in [0.3, 0.4) is 0 Å². The van der Waals surface area contributed by atoms with Crippen LogP contribution in [-0.4, -0.2) is 34.7 Å². The summed E-state index contributed by atoms with van der Waals surface area (Å²) >= 11 is 0. The Hall–Kier alpha value is -2.54. The van der Waals surface area contributed by atoms with Crippen molar-refractivity contribution in [1.29, 1.82) is 0 Å². The number of hydrogen-bond donors (Lipinski definition) is 1. The number of carboxylic acids is 1. The summed E-state index contributed by atoms with van der Waals surface area (Å²) in [6.45, 7) is 0.258. The lowest BCUT2D eigenvalue weighted by Gasteiger charge is -2.24. The highest BCUT2D eigenvalue weighted by atomic mass is 16.6. The minimum absolute atomic E-state index is 0.0146. The third-order valence-electron chi connectivity index (χ3n) is 3.33. The molecule has 0 bridgehead atoms. The van der Waals surface area contributed by atoms with Gasteiger partial charge in [-0.1, -0.05) is 6.08 Å². The van der Waals surface area contributed by atoms with Crippen LogP contribution in [0, 0.1) is 16.0 Å². The number of hydrogen-bond acceptors (Lipinski definition) is 5. The number of carbonyl (C=O) groups is 1. The molecule has 0 spiro atoms. The number of nitrogens with zero attached hydrogens (tertiary/aromatic N) is 2. The van der Waals surface area contributed by atoms with Gasteiger partial charge in [-0.15, -0.1) is 0 Å². The highest BCUT2D eigenvalue weighted by molar-refractivity contribution is 5.89. The summed E-state index contributed by atoms with van der Waals surface area (Å²) in [5.41, 5.74) is 0.639. The highest BCUT2D eigenvalue weighted by Crippen LogP contribution is 2.34. The van der Waals surface area contributed by atoms with Gasteiger partial charge in [-0.05, 0) is 17.7 Å². The molecule has 0 amide bonds. The molecule has 0 aromatic carbocycles. The highest BCUT2D eigenvalue weighted by Gasteiger charge is 2.29. The van der Waals surface area contributed by atoms with Crippen LogP contribution in [0.1, 0.15) is 21.8 Å². The smallest absolute Gasteiger partial charge is 0.337 e. The van der Waals surface area contributed by atoms with Gasteiger partial charge in [0, 0.05) is 37.4 Å². The lowest BCUT2D eigenvalue weighted by atomic mass is 9.81. The van der Waals surface area contributed by atoms with E-state index in [1.165, 1.54) is 31.7 Å². The molecule has 7 heteroatoms. The molecule has 2 unspecified atom stereocenters. The molecule has 0 radical (unpaired) electrons. The Balaban J connectivity index is 2.42. The normalized spacial score (nSPS) is 20.9. The molecule has 2 rings (SSSR count). The predicted octanol–water partition coefficient (Wildman–Crippen LogP) is 1.86. The van der Waals surface area contributed by atoms with Gasteiger partial charge in [-0.2, -0.15) is 0 Å². The first-order chi connectivity index (χ1) is 10.0. The summed E-state index contributed by atoms with van der Waals surface area (Å²) in [4.78, 5) is 25.5. The van der Waals surface area contributed by atoms with E-state index in [-0.39, 0.29) is 29.7 Å². The fourth-order valence-electron chi connectivity index (χ4n) is 2.40. The molecule has 0 aliphatic heterocycles. The van der Waals surface area contributed by atoms with Crippen molar-refractivity contribution in [2.24, 2.45) is 5.92 Å². The maximum Gasteiger partial charge on any atom is 0.337 e. The predicted molar refractivity (Wildman–Crippen MR) is 73.5 cm³/mol. The van der Waals surface area contributed by atoms with Crippen molar-refractivity contribution < 1.29 is 19.6 Å². The Morgan fingerprint density at radius 1 is 1.57 bits per heavy atom. The largest absolute Gasteiger partial charge is 0.478 e. The number of carboxylic acid groups (broad SMARTS) is 1. The van der Waals surface area contributed by atoms with Gasteiger partial charge in [0.2, 0.25) is 0 Å². The van der Waals surface area contributed by atoms with E-state index in [1.54, 1.807) is 12.1 Å². The van der Waals surface area contributed by atoms with Crippen molar-refractivity contribution in [2.75, 3.05) is 13.7 Å². The zero-order valence-electron chi connectivity index (χ0n) is 11.3. The molecule has 0 saturated carbocycles. The fraction of sp³-hybridized carbons (Fsp3) is 0.286. The monoisotopic (exact) mass is 290 g/mol. The van der Waals surface area contributed by atoms with Crippen LogP contribution >= 0.6 is 0 Å². The summed E-state index contributed by atoms with van der Waals surface area (Å²) < 4.78 is 5.10. The van der Waals surface area contributed by atoms with E-state index in [4.69, 9.17) is 4.74 Å². The molecule has 1 aromatic rings. The van der Waals surface area contributed by atoms with Gasteiger partial charge in [0.25, 0.3) is 5.70 Å². The Morgan fingerprint density at radius 2 is 2.33 bits per heavy atom. The summed E-state index contributed by atoms with van der Waals surface area (Å²) in [5.74, 6) is -1.68. The van der Waals surface area contributed by atoms with Gasteiger partial charge in [0.1, 0.15) is 0 Å². The number of allylic oxidation sites excluding steroid dienone is 2. The van der Waals surface area contributed by atoms with Gasteiger partial charge in [0.05, 0.1) is 17.1 Å². The Bertz CT molecular complexity index is 624. The zero-order valence-corrected chi connectivity index (χ0v) is 11.3. The average molecular weight is 290 g/mol. The standard InChI is InChI=1S/C14H14N2O5/c1-21-8-9-6-10(16(19)20)2-3-11(9)12-4-5-15-7-13(12)14(17)18/h2-7,9,11H,8H2,1H3,(H,17,18). The summed E-state index contributed by atoms with van der Waals surface area (Å²) in [5, 5.41) is 20.1. The molecule has 1 aliphatic carbocycles. The van der Waals surface area contributed by atoms with E-state index in [0.717, 1.165) is 0 Å². The third kappa shape index (κ3) is 3.14. The average Bonchev–Trinajstić information content (AvgIpc) is 2.47. The molecule has 1 heterocycles. The van der Waals surface area contributed by atoms with Crippen LogP contribution in [0.4, 0.5) is 0 Å².